The van der Waals surface area contributed by atoms with E-state index in [0.29, 0.717) is 5.92 Å². The first kappa shape index (κ1) is 26.1. The molecule has 1 aromatic heterocycles. The molecule has 2 fully saturated rings. The van der Waals surface area contributed by atoms with Crippen molar-refractivity contribution in [2.24, 2.45) is 0 Å². The number of aryl methyl sites for hydroxylation is 2. The summed E-state index contributed by atoms with van der Waals surface area (Å²) in [7, 11) is 1.49. The van der Waals surface area contributed by atoms with E-state index >= 15 is 0 Å². The summed E-state index contributed by atoms with van der Waals surface area (Å²) in [5.41, 5.74) is 4.83. The second-order valence-electron chi connectivity index (χ2n) is 10.5. The lowest BCUT2D eigenvalue weighted by Crippen LogP contribution is -2.35. The van der Waals surface area contributed by atoms with Crippen molar-refractivity contribution in [3.8, 4) is 0 Å². The van der Waals surface area contributed by atoms with Crippen LogP contribution in [0.5, 0.6) is 0 Å². The van der Waals surface area contributed by atoms with E-state index in [1.165, 1.54) is 24.7 Å². The largest absolute Gasteiger partial charge is 0.468 e. The standard InChI is InChI=1S/C30H41N3O4/c1-35-30(34)28(27-10-3-2-9-26(27)22-14-19-36-20-15-22)33-17-13-25(21-33)37-18-5-4-8-24-12-11-23-7-6-16-31-29(23)32-24/h2-3,9-12,22,25,28H,4-8,13-21H2,1H3,(H,31,32)/t25-,28?/m1/s1. The number of aromatic nitrogens is 1. The van der Waals surface area contributed by atoms with Gasteiger partial charge >= 0.3 is 5.97 Å². The number of ether oxygens (including phenoxy) is 3. The average Bonchev–Trinajstić information content (AvgIpc) is 3.41. The topological polar surface area (TPSA) is 72.9 Å². The second kappa shape index (κ2) is 12.9. The Balaban J connectivity index is 1.13. The maximum Gasteiger partial charge on any atom is 0.327 e. The molecule has 3 aliphatic heterocycles. The van der Waals surface area contributed by atoms with Crippen molar-refractivity contribution in [3.63, 3.8) is 0 Å². The summed E-state index contributed by atoms with van der Waals surface area (Å²) >= 11 is 0. The predicted octanol–water partition coefficient (Wildman–Crippen LogP) is 4.66. The number of hydrogen-bond acceptors (Lipinski definition) is 7. The minimum absolute atomic E-state index is 0.147. The zero-order valence-electron chi connectivity index (χ0n) is 22.1. The molecule has 0 amide bonds. The quantitative estimate of drug-likeness (QED) is 0.370. The molecule has 0 aliphatic carbocycles. The van der Waals surface area contributed by atoms with Crippen molar-refractivity contribution in [3.05, 3.63) is 58.8 Å². The minimum Gasteiger partial charge on any atom is -0.468 e. The van der Waals surface area contributed by atoms with Gasteiger partial charge in [-0.05, 0) is 80.0 Å². The van der Waals surface area contributed by atoms with Crippen molar-refractivity contribution < 1.29 is 19.0 Å². The van der Waals surface area contributed by atoms with Gasteiger partial charge in [-0.25, -0.2) is 9.78 Å². The molecule has 1 N–H and O–H groups in total. The molecule has 1 unspecified atom stereocenters. The third kappa shape index (κ3) is 6.51. The van der Waals surface area contributed by atoms with Crippen LogP contribution in [-0.2, 0) is 31.8 Å². The number of carbonyl (C=O) groups is 1. The molecule has 1 aromatic carbocycles. The van der Waals surface area contributed by atoms with Gasteiger partial charge in [0.2, 0.25) is 0 Å². The molecule has 0 saturated carbocycles. The fourth-order valence-corrected chi connectivity index (χ4v) is 6.02. The van der Waals surface area contributed by atoms with Gasteiger partial charge in [0.1, 0.15) is 11.9 Å². The van der Waals surface area contributed by atoms with Gasteiger partial charge in [-0.3, -0.25) is 4.90 Å². The third-order valence-electron chi connectivity index (χ3n) is 8.05. The summed E-state index contributed by atoms with van der Waals surface area (Å²) in [5.74, 6) is 1.31. The number of nitrogens with zero attached hydrogens (tertiary/aromatic N) is 2. The van der Waals surface area contributed by atoms with Crippen LogP contribution in [0.2, 0.25) is 0 Å². The van der Waals surface area contributed by atoms with E-state index in [2.05, 4.69) is 40.5 Å². The van der Waals surface area contributed by atoms with Gasteiger partial charge in [-0.2, -0.15) is 0 Å². The van der Waals surface area contributed by atoms with Crippen molar-refractivity contribution >= 4 is 11.8 Å². The third-order valence-corrected chi connectivity index (χ3v) is 8.05. The molecular weight excluding hydrogens is 466 g/mol. The van der Waals surface area contributed by atoms with Crippen LogP contribution in [0.25, 0.3) is 0 Å². The Hall–Kier alpha value is -2.48. The molecule has 0 spiro atoms. The van der Waals surface area contributed by atoms with E-state index in [4.69, 9.17) is 19.2 Å². The van der Waals surface area contributed by atoms with Gasteiger partial charge < -0.3 is 19.5 Å². The SMILES string of the molecule is COC(=O)C(c1ccccc1C1CCOCC1)N1CC[C@@H](OCCCCc2ccc3c(n2)NCCC3)C1. The van der Waals surface area contributed by atoms with Gasteiger partial charge in [-0.15, -0.1) is 0 Å². The van der Waals surface area contributed by atoms with Crippen molar-refractivity contribution in [1.29, 1.82) is 0 Å². The molecule has 7 nitrogen and oxygen atoms in total. The second-order valence-corrected chi connectivity index (χ2v) is 10.5. The molecule has 2 saturated heterocycles. The van der Waals surface area contributed by atoms with Crippen LogP contribution < -0.4 is 5.32 Å². The Bertz CT molecular complexity index is 1040. The van der Waals surface area contributed by atoms with E-state index in [1.807, 2.05) is 6.07 Å². The molecular formula is C30H41N3O4. The molecule has 2 atom stereocenters. The number of rotatable bonds is 10. The number of likely N-dealkylation sites (tertiary alicyclic amines) is 1. The molecule has 5 rings (SSSR count). The fourth-order valence-electron chi connectivity index (χ4n) is 6.02. The van der Waals surface area contributed by atoms with E-state index in [0.717, 1.165) is 101 Å². The summed E-state index contributed by atoms with van der Waals surface area (Å²) in [5, 5.41) is 3.42. The lowest BCUT2D eigenvalue weighted by Gasteiger charge is -2.31. The van der Waals surface area contributed by atoms with Gasteiger partial charge in [0.15, 0.2) is 0 Å². The molecule has 0 bridgehead atoms. The van der Waals surface area contributed by atoms with Gasteiger partial charge in [0.05, 0.1) is 13.2 Å². The van der Waals surface area contributed by atoms with E-state index in [1.54, 1.807) is 0 Å². The zero-order chi connectivity index (χ0) is 25.5. The minimum atomic E-state index is -0.388. The fraction of sp³-hybridized carbons (Fsp3) is 0.600. The highest BCUT2D eigenvalue weighted by Gasteiger charge is 2.36. The van der Waals surface area contributed by atoms with Crippen LogP contribution in [0.4, 0.5) is 5.82 Å². The van der Waals surface area contributed by atoms with Crippen molar-refractivity contribution in [1.82, 2.24) is 9.88 Å². The monoisotopic (exact) mass is 507 g/mol. The highest BCUT2D eigenvalue weighted by Crippen LogP contribution is 2.36. The molecule has 200 valence electrons. The number of unbranched alkanes of at least 4 members (excludes halogenated alkanes) is 1. The van der Waals surface area contributed by atoms with Crippen LogP contribution in [0.3, 0.4) is 0 Å². The molecule has 0 radical (unpaired) electrons. The Morgan fingerprint density at radius 2 is 2.03 bits per heavy atom. The number of hydrogen-bond donors (Lipinski definition) is 1. The number of pyridine rings is 1. The number of methoxy groups -OCH3 is 1. The van der Waals surface area contributed by atoms with Crippen molar-refractivity contribution in [2.75, 3.05) is 51.9 Å². The van der Waals surface area contributed by atoms with E-state index < -0.39 is 0 Å². The first-order chi connectivity index (χ1) is 18.2. The van der Waals surface area contributed by atoms with Gasteiger partial charge in [-0.1, -0.05) is 30.3 Å². The summed E-state index contributed by atoms with van der Waals surface area (Å²) in [6.07, 6.45) is 8.43. The molecule has 7 heteroatoms. The predicted molar refractivity (Wildman–Crippen MR) is 144 cm³/mol. The van der Waals surface area contributed by atoms with Crippen LogP contribution in [-0.4, -0.2) is 68.5 Å². The number of anilines is 1. The first-order valence-electron chi connectivity index (χ1n) is 14.1. The van der Waals surface area contributed by atoms with Crippen LogP contribution in [0, 0.1) is 0 Å². The summed E-state index contributed by atoms with van der Waals surface area (Å²) in [6, 6.07) is 12.4. The zero-order valence-corrected chi connectivity index (χ0v) is 22.1. The highest BCUT2D eigenvalue weighted by molar-refractivity contribution is 5.78. The number of fused-ring (bicyclic) bond motifs is 1. The number of nitrogens with one attached hydrogen (secondary N) is 1. The van der Waals surface area contributed by atoms with Crippen LogP contribution >= 0.6 is 0 Å². The molecule has 4 heterocycles. The average molecular weight is 508 g/mol. The number of esters is 1. The van der Waals surface area contributed by atoms with E-state index in [9.17, 15) is 4.79 Å². The van der Waals surface area contributed by atoms with Crippen LogP contribution in [0.15, 0.2) is 36.4 Å². The normalized spacial score (nSPS) is 21.3. The number of carbonyl (C=O) groups excluding carboxylic acids is 1. The first-order valence-corrected chi connectivity index (χ1v) is 14.1. The van der Waals surface area contributed by atoms with Gasteiger partial charge in [0.25, 0.3) is 0 Å². The Morgan fingerprint density at radius 1 is 1.16 bits per heavy atom. The highest BCUT2D eigenvalue weighted by atomic mass is 16.5. The van der Waals surface area contributed by atoms with Gasteiger partial charge in [0, 0.05) is 45.1 Å². The summed E-state index contributed by atoms with van der Waals surface area (Å²) < 4.78 is 17.1. The maximum atomic E-state index is 13.0. The summed E-state index contributed by atoms with van der Waals surface area (Å²) in [4.78, 5) is 20.1. The molecule has 2 aromatic rings. The Labute approximate surface area is 220 Å². The van der Waals surface area contributed by atoms with E-state index in [-0.39, 0.29) is 18.1 Å². The molecule has 37 heavy (non-hydrogen) atoms. The Morgan fingerprint density at radius 3 is 2.89 bits per heavy atom. The lowest BCUT2D eigenvalue weighted by molar-refractivity contribution is -0.147. The summed E-state index contributed by atoms with van der Waals surface area (Å²) in [6.45, 7) is 4.90. The number of benzene rings is 1. The Kier molecular flexibility index (Phi) is 9.08. The van der Waals surface area contributed by atoms with Crippen LogP contribution in [0.1, 0.15) is 72.9 Å². The smallest absolute Gasteiger partial charge is 0.327 e. The lowest BCUT2D eigenvalue weighted by atomic mass is 9.85. The molecule has 3 aliphatic rings. The van der Waals surface area contributed by atoms with Crippen molar-refractivity contribution in [2.45, 2.75) is 69.4 Å². The maximum absolute atomic E-state index is 13.0.